The number of nitrogens with two attached hydrogens (primary N) is 1. The summed E-state index contributed by atoms with van der Waals surface area (Å²) >= 11 is 0. The molecular weight excluding hydrogens is 559 g/mol. The Hall–Kier alpha value is -3.12. The van der Waals surface area contributed by atoms with E-state index in [0.29, 0.717) is 43.7 Å². The predicted molar refractivity (Wildman–Crippen MR) is 173 cm³/mol. The minimum Gasteiger partial charge on any atom is -0.379 e. The third kappa shape index (κ3) is 6.75. The van der Waals surface area contributed by atoms with Crippen molar-refractivity contribution < 1.29 is 13.9 Å². The first-order valence-electron chi connectivity index (χ1n) is 16.0. The molecule has 11 heteroatoms. The van der Waals surface area contributed by atoms with Gasteiger partial charge in [-0.25, -0.2) is 14.4 Å². The molecule has 44 heavy (non-hydrogen) atoms. The second kappa shape index (κ2) is 13.9. The van der Waals surface area contributed by atoms with Crippen molar-refractivity contribution in [2.75, 3.05) is 56.2 Å². The molecule has 1 aromatic carbocycles. The van der Waals surface area contributed by atoms with Gasteiger partial charge in [-0.05, 0) is 84.1 Å². The molecule has 2 aromatic heterocycles. The summed E-state index contributed by atoms with van der Waals surface area (Å²) in [6.45, 7) is 17.6. The third-order valence-corrected chi connectivity index (χ3v) is 9.49. The summed E-state index contributed by atoms with van der Waals surface area (Å²) in [6, 6.07) is 5.60. The molecule has 4 atom stereocenters. The lowest BCUT2D eigenvalue weighted by Gasteiger charge is -2.52. The lowest BCUT2D eigenvalue weighted by atomic mass is 9.71. The van der Waals surface area contributed by atoms with Gasteiger partial charge >= 0.3 is 0 Å². The van der Waals surface area contributed by atoms with Crippen molar-refractivity contribution in [3.05, 3.63) is 48.2 Å². The first-order chi connectivity index (χ1) is 21.1. The van der Waals surface area contributed by atoms with Crippen LogP contribution in [0.4, 0.5) is 21.7 Å². The first kappa shape index (κ1) is 32.3. The lowest BCUT2D eigenvalue weighted by molar-refractivity contribution is -0.0685. The fraction of sp³-hybridized carbons (Fsp3) is 0.606. The van der Waals surface area contributed by atoms with Gasteiger partial charge in [0, 0.05) is 68.5 Å². The van der Waals surface area contributed by atoms with Crippen LogP contribution in [0.3, 0.4) is 0 Å². The standard InChI is InChI=1S/C33H49FN8O2/c1-7-44-25(6)33(35,24(5)40-13-15-43-16-14-40)27-9-8-12-41(21-27)30-11-10-28(17-29(30)34)38-32-36-18-23(4)31(39-32)26-19-37-42(20-26)22(2)3/h10-11,17-20,22,24-25,27H,7-9,12-16,21,35H2,1-6H3,(H,36,38,39). The number of aryl methyl sites for hydroxylation is 1. The molecule has 3 aromatic rings. The molecule has 2 saturated heterocycles. The summed E-state index contributed by atoms with van der Waals surface area (Å²) < 4.78 is 29.4. The number of nitrogens with zero attached hydrogens (tertiary/aromatic N) is 6. The Morgan fingerprint density at radius 3 is 2.61 bits per heavy atom. The van der Waals surface area contributed by atoms with Crippen molar-refractivity contribution in [2.24, 2.45) is 11.7 Å². The van der Waals surface area contributed by atoms with Gasteiger partial charge < -0.3 is 25.4 Å². The number of piperidine rings is 1. The Labute approximate surface area is 261 Å². The highest BCUT2D eigenvalue weighted by atomic mass is 19.1. The van der Waals surface area contributed by atoms with Gasteiger partial charge in [0.05, 0.1) is 42.4 Å². The topological polar surface area (TPSA) is 107 Å². The number of hydrogen-bond donors (Lipinski definition) is 2. The Balaban J connectivity index is 1.33. The molecule has 3 N–H and O–H groups in total. The quantitative estimate of drug-likeness (QED) is 0.305. The summed E-state index contributed by atoms with van der Waals surface area (Å²) in [5.41, 5.74) is 10.6. The molecule has 0 aliphatic carbocycles. The molecule has 240 valence electrons. The fourth-order valence-corrected chi connectivity index (χ4v) is 6.80. The van der Waals surface area contributed by atoms with Gasteiger partial charge in [-0.3, -0.25) is 9.58 Å². The van der Waals surface area contributed by atoms with E-state index in [1.54, 1.807) is 6.20 Å². The Morgan fingerprint density at radius 2 is 1.93 bits per heavy atom. The van der Waals surface area contributed by atoms with Crippen molar-refractivity contribution >= 4 is 17.3 Å². The van der Waals surface area contributed by atoms with Crippen molar-refractivity contribution in [3.8, 4) is 11.3 Å². The number of morpholine rings is 1. The Morgan fingerprint density at radius 1 is 1.16 bits per heavy atom. The van der Waals surface area contributed by atoms with E-state index in [-0.39, 0.29) is 29.9 Å². The summed E-state index contributed by atoms with van der Waals surface area (Å²) in [7, 11) is 0. The van der Waals surface area contributed by atoms with Crippen LogP contribution in [0, 0.1) is 18.7 Å². The van der Waals surface area contributed by atoms with Gasteiger partial charge in [0.2, 0.25) is 5.95 Å². The van der Waals surface area contributed by atoms with Gasteiger partial charge in [0.15, 0.2) is 0 Å². The number of aromatic nitrogens is 4. The van der Waals surface area contributed by atoms with Crippen LogP contribution in [-0.2, 0) is 9.47 Å². The molecule has 0 bridgehead atoms. The maximum atomic E-state index is 15.8. The zero-order valence-corrected chi connectivity index (χ0v) is 27.1. The van der Waals surface area contributed by atoms with E-state index >= 15 is 4.39 Å². The zero-order valence-electron chi connectivity index (χ0n) is 27.1. The normalized spacial score (nSPS) is 20.8. The number of ether oxygens (including phenoxy) is 2. The van der Waals surface area contributed by atoms with E-state index in [9.17, 15) is 0 Å². The monoisotopic (exact) mass is 608 g/mol. The van der Waals surface area contributed by atoms with E-state index in [4.69, 9.17) is 20.2 Å². The SMILES string of the molecule is CCOC(C)C(N)(C1CCCN(c2ccc(Nc3ncc(C)c(-c4cnn(C(C)C)c4)n3)cc2F)C1)C(C)N1CCOCC1. The van der Waals surface area contributed by atoms with Crippen LogP contribution in [0.15, 0.2) is 36.8 Å². The van der Waals surface area contributed by atoms with Gasteiger partial charge in [-0.15, -0.1) is 0 Å². The van der Waals surface area contributed by atoms with Crippen molar-refractivity contribution in [2.45, 2.75) is 78.1 Å². The van der Waals surface area contributed by atoms with E-state index in [0.717, 1.165) is 49.3 Å². The van der Waals surface area contributed by atoms with Gasteiger partial charge in [0.1, 0.15) is 5.82 Å². The summed E-state index contributed by atoms with van der Waals surface area (Å²) in [5.74, 6) is 0.248. The highest BCUT2D eigenvalue weighted by Gasteiger charge is 2.48. The molecule has 0 saturated carbocycles. The summed E-state index contributed by atoms with van der Waals surface area (Å²) in [5, 5.41) is 7.64. The molecule has 4 unspecified atom stereocenters. The second-order valence-corrected chi connectivity index (χ2v) is 12.5. The third-order valence-electron chi connectivity index (χ3n) is 9.49. The maximum Gasteiger partial charge on any atom is 0.227 e. The van der Waals surface area contributed by atoms with Crippen LogP contribution in [0.5, 0.6) is 0 Å². The molecule has 0 amide bonds. The molecule has 2 aliphatic rings. The fourth-order valence-electron chi connectivity index (χ4n) is 6.80. The molecular formula is C33H49FN8O2. The number of hydrogen-bond acceptors (Lipinski definition) is 9. The predicted octanol–water partition coefficient (Wildman–Crippen LogP) is 5.17. The lowest BCUT2D eigenvalue weighted by Crippen LogP contribution is -2.70. The van der Waals surface area contributed by atoms with Crippen LogP contribution in [-0.4, -0.2) is 88.3 Å². The first-order valence-corrected chi connectivity index (χ1v) is 16.0. The summed E-state index contributed by atoms with van der Waals surface area (Å²) in [6.07, 6.45) is 7.33. The van der Waals surface area contributed by atoms with Gasteiger partial charge in [-0.1, -0.05) is 0 Å². The molecule has 2 fully saturated rings. The largest absolute Gasteiger partial charge is 0.379 e. The maximum absolute atomic E-state index is 15.8. The van der Waals surface area contributed by atoms with Crippen LogP contribution >= 0.6 is 0 Å². The highest BCUT2D eigenvalue weighted by Crippen LogP contribution is 2.37. The minimum atomic E-state index is -0.601. The van der Waals surface area contributed by atoms with Gasteiger partial charge in [0.25, 0.3) is 0 Å². The van der Waals surface area contributed by atoms with E-state index in [2.05, 4.69) is 52.9 Å². The van der Waals surface area contributed by atoms with E-state index < -0.39 is 5.54 Å². The van der Waals surface area contributed by atoms with E-state index in [1.165, 1.54) is 6.07 Å². The van der Waals surface area contributed by atoms with Crippen LogP contribution in [0.2, 0.25) is 0 Å². The summed E-state index contributed by atoms with van der Waals surface area (Å²) in [4.78, 5) is 13.7. The molecule has 2 aliphatic heterocycles. The average molecular weight is 609 g/mol. The Kier molecular flexibility index (Phi) is 10.2. The minimum absolute atomic E-state index is 0.0911. The number of benzene rings is 1. The number of nitrogens with one attached hydrogen (secondary N) is 1. The van der Waals surface area contributed by atoms with Gasteiger partial charge in [-0.2, -0.15) is 5.10 Å². The molecule has 4 heterocycles. The van der Waals surface area contributed by atoms with Crippen molar-refractivity contribution in [1.82, 2.24) is 24.6 Å². The molecule has 10 nitrogen and oxygen atoms in total. The highest BCUT2D eigenvalue weighted by molar-refractivity contribution is 5.65. The van der Waals surface area contributed by atoms with Crippen molar-refractivity contribution in [1.29, 1.82) is 0 Å². The number of anilines is 3. The zero-order chi connectivity index (χ0) is 31.4. The average Bonchev–Trinajstić information content (AvgIpc) is 3.53. The Bertz CT molecular complexity index is 1390. The van der Waals surface area contributed by atoms with Crippen LogP contribution < -0.4 is 16.0 Å². The van der Waals surface area contributed by atoms with Crippen molar-refractivity contribution in [3.63, 3.8) is 0 Å². The second-order valence-electron chi connectivity index (χ2n) is 12.5. The molecule has 0 spiro atoms. The smallest absolute Gasteiger partial charge is 0.227 e. The molecule has 0 radical (unpaired) electrons. The number of rotatable bonds is 11. The van der Waals surface area contributed by atoms with E-state index in [1.807, 2.05) is 43.1 Å². The molecule has 5 rings (SSSR count). The number of halogens is 1. The van der Waals surface area contributed by atoms with Crippen LogP contribution in [0.1, 0.15) is 59.1 Å². The van der Waals surface area contributed by atoms with Crippen LogP contribution in [0.25, 0.3) is 11.3 Å².